The fourth-order valence-corrected chi connectivity index (χ4v) is 3.14. The first-order chi connectivity index (χ1) is 13.4. The van der Waals surface area contributed by atoms with Crippen LogP contribution in [-0.2, 0) is 4.79 Å². The lowest BCUT2D eigenvalue weighted by atomic mass is 10.1. The molecule has 2 aromatic rings. The van der Waals surface area contributed by atoms with Crippen molar-refractivity contribution in [3.8, 4) is 11.5 Å². The summed E-state index contributed by atoms with van der Waals surface area (Å²) < 4.78 is 11.5. The van der Waals surface area contributed by atoms with Gasteiger partial charge in [-0.1, -0.05) is 29.8 Å². The number of amides is 1. The maximum atomic E-state index is 12.9. The number of hydrazone groups is 1. The van der Waals surface area contributed by atoms with Crippen molar-refractivity contribution < 1.29 is 14.3 Å². The monoisotopic (exact) mass is 398 g/mol. The highest BCUT2D eigenvalue weighted by Crippen LogP contribution is 2.38. The number of para-hydroxylation sites is 1. The Labute approximate surface area is 170 Å². The number of ether oxygens (including phenoxy) is 2. The van der Waals surface area contributed by atoms with Crippen LogP contribution >= 0.6 is 11.6 Å². The van der Waals surface area contributed by atoms with E-state index in [4.69, 9.17) is 21.1 Å². The zero-order valence-corrected chi connectivity index (χ0v) is 17.2. The first-order valence-electron chi connectivity index (χ1n) is 9.20. The molecule has 1 aliphatic heterocycles. The standard InChI is InChI=1S/C22H23ClN2O3/c1-5-27-20-13-16(12-19(23)21(20)28-14(2)3)11-18-15(4)24-25(22(18)26)17-9-7-6-8-10-17/h6-14H,5H2,1-4H3/b18-11+. The van der Waals surface area contributed by atoms with Crippen LogP contribution in [0.1, 0.15) is 33.3 Å². The maximum Gasteiger partial charge on any atom is 0.280 e. The maximum absolute atomic E-state index is 12.9. The van der Waals surface area contributed by atoms with Crippen molar-refractivity contribution in [1.82, 2.24) is 0 Å². The van der Waals surface area contributed by atoms with Gasteiger partial charge in [-0.15, -0.1) is 0 Å². The highest BCUT2D eigenvalue weighted by molar-refractivity contribution is 6.33. The number of carbonyl (C=O) groups is 1. The quantitative estimate of drug-likeness (QED) is 0.618. The lowest BCUT2D eigenvalue weighted by Gasteiger charge is -2.16. The molecule has 0 spiro atoms. The Morgan fingerprint density at radius 2 is 1.93 bits per heavy atom. The van der Waals surface area contributed by atoms with Gasteiger partial charge in [0.15, 0.2) is 11.5 Å². The second-order valence-corrected chi connectivity index (χ2v) is 7.03. The van der Waals surface area contributed by atoms with Crippen molar-refractivity contribution in [2.45, 2.75) is 33.8 Å². The minimum Gasteiger partial charge on any atom is -0.490 e. The van der Waals surface area contributed by atoms with Crippen LogP contribution in [0, 0.1) is 0 Å². The van der Waals surface area contributed by atoms with E-state index >= 15 is 0 Å². The number of benzene rings is 2. The molecule has 146 valence electrons. The van der Waals surface area contributed by atoms with Crippen molar-refractivity contribution in [1.29, 1.82) is 0 Å². The Kier molecular flexibility index (Phi) is 6.05. The van der Waals surface area contributed by atoms with E-state index in [9.17, 15) is 4.79 Å². The van der Waals surface area contributed by atoms with Crippen LogP contribution < -0.4 is 14.5 Å². The summed E-state index contributed by atoms with van der Waals surface area (Å²) in [7, 11) is 0. The Hall–Kier alpha value is -2.79. The molecule has 0 N–H and O–H groups in total. The lowest BCUT2D eigenvalue weighted by molar-refractivity contribution is -0.114. The average Bonchev–Trinajstić information content (AvgIpc) is 2.93. The van der Waals surface area contributed by atoms with Crippen LogP contribution in [0.15, 0.2) is 53.1 Å². The van der Waals surface area contributed by atoms with Gasteiger partial charge in [-0.05, 0) is 63.6 Å². The Bertz CT molecular complexity index is 936. The van der Waals surface area contributed by atoms with Crippen molar-refractivity contribution in [2.75, 3.05) is 11.6 Å². The molecule has 1 aliphatic rings. The topological polar surface area (TPSA) is 51.1 Å². The Morgan fingerprint density at radius 3 is 2.57 bits per heavy atom. The molecule has 0 aromatic heterocycles. The molecule has 0 bridgehead atoms. The molecule has 1 amide bonds. The summed E-state index contributed by atoms with van der Waals surface area (Å²) in [6.45, 7) is 8.04. The van der Waals surface area contributed by atoms with Crippen LogP contribution in [-0.4, -0.2) is 24.3 Å². The smallest absolute Gasteiger partial charge is 0.280 e. The van der Waals surface area contributed by atoms with Gasteiger partial charge in [0.1, 0.15) is 0 Å². The molecule has 0 fully saturated rings. The molecule has 2 aromatic carbocycles. The van der Waals surface area contributed by atoms with E-state index in [0.717, 1.165) is 11.3 Å². The summed E-state index contributed by atoms with van der Waals surface area (Å²) in [5, 5.41) is 6.24. The number of nitrogens with zero attached hydrogens (tertiary/aromatic N) is 2. The summed E-state index contributed by atoms with van der Waals surface area (Å²) >= 11 is 6.44. The van der Waals surface area contributed by atoms with Crippen LogP contribution in [0.3, 0.4) is 0 Å². The van der Waals surface area contributed by atoms with Crippen molar-refractivity contribution in [3.05, 3.63) is 58.6 Å². The van der Waals surface area contributed by atoms with Gasteiger partial charge in [0.2, 0.25) is 0 Å². The molecule has 3 rings (SSSR count). The third kappa shape index (κ3) is 4.20. The van der Waals surface area contributed by atoms with Crippen molar-refractivity contribution in [2.24, 2.45) is 5.10 Å². The van der Waals surface area contributed by atoms with Gasteiger partial charge >= 0.3 is 0 Å². The number of rotatable bonds is 6. The third-order valence-electron chi connectivity index (χ3n) is 4.06. The predicted octanol–water partition coefficient (Wildman–Crippen LogP) is 5.33. The van der Waals surface area contributed by atoms with Gasteiger partial charge in [-0.2, -0.15) is 10.1 Å². The highest BCUT2D eigenvalue weighted by Gasteiger charge is 2.28. The van der Waals surface area contributed by atoms with E-state index in [1.165, 1.54) is 5.01 Å². The number of hydrogen-bond acceptors (Lipinski definition) is 4. The molecule has 0 radical (unpaired) electrons. The molecule has 28 heavy (non-hydrogen) atoms. The normalized spacial score (nSPS) is 15.4. The largest absolute Gasteiger partial charge is 0.490 e. The third-order valence-corrected chi connectivity index (χ3v) is 4.34. The highest BCUT2D eigenvalue weighted by atomic mass is 35.5. The van der Waals surface area contributed by atoms with Crippen LogP contribution in [0.2, 0.25) is 5.02 Å². The minimum atomic E-state index is -0.180. The summed E-state index contributed by atoms with van der Waals surface area (Å²) in [5.41, 5.74) is 2.63. The summed E-state index contributed by atoms with van der Waals surface area (Å²) in [5.74, 6) is 0.880. The van der Waals surface area contributed by atoms with Gasteiger partial charge in [0.05, 0.1) is 34.7 Å². The van der Waals surface area contributed by atoms with Crippen LogP contribution in [0.4, 0.5) is 5.69 Å². The van der Waals surface area contributed by atoms with Gasteiger partial charge in [0.25, 0.3) is 5.91 Å². The van der Waals surface area contributed by atoms with Crippen molar-refractivity contribution in [3.63, 3.8) is 0 Å². The number of anilines is 1. The van der Waals surface area contributed by atoms with Gasteiger partial charge in [0, 0.05) is 0 Å². The number of carbonyl (C=O) groups excluding carboxylic acids is 1. The van der Waals surface area contributed by atoms with E-state index in [-0.39, 0.29) is 12.0 Å². The second-order valence-electron chi connectivity index (χ2n) is 6.63. The predicted molar refractivity (Wildman–Crippen MR) is 113 cm³/mol. The second kappa shape index (κ2) is 8.48. The zero-order chi connectivity index (χ0) is 20.3. The summed E-state index contributed by atoms with van der Waals surface area (Å²) in [6.07, 6.45) is 1.74. The summed E-state index contributed by atoms with van der Waals surface area (Å²) in [4.78, 5) is 12.9. The number of hydrogen-bond donors (Lipinski definition) is 0. The molecule has 0 saturated carbocycles. The SMILES string of the molecule is CCOc1cc(/C=C2/C(=O)N(c3ccccc3)N=C2C)cc(Cl)c1OC(C)C. The Morgan fingerprint density at radius 1 is 1.21 bits per heavy atom. The molecular formula is C22H23ClN2O3. The molecule has 5 nitrogen and oxygen atoms in total. The number of halogens is 1. The first-order valence-corrected chi connectivity index (χ1v) is 9.58. The average molecular weight is 399 g/mol. The molecule has 6 heteroatoms. The van der Waals surface area contributed by atoms with E-state index < -0.39 is 0 Å². The Balaban J connectivity index is 1.97. The molecule has 0 atom stereocenters. The summed E-state index contributed by atoms with van der Waals surface area (Å²) in [6, 6.07) is 12.9. The zero-order valence-electron chi connectivity index (χ0n) is 16.4. The van der Waals surface area contributed by atoms with E-state index in [1.807, 2.05) is 64.1 Å². The van der Waals surface area contributed by atoms with Gasteiger partial charge < -0.3 is 9.47 Å². The van der Waals surface area contributed by atoms with E-state index in [2.05, 4.69) is 5.10 Å². The fraction of sp³-hybridized carbons (Fsp3) is 0.273. The van der Waals surface area contributed by atoms with Crippen LogP contribution in [0.25, 0.3) is 6.08 Å². The molecule has 0 saturated heterocycles. The molecule has 1 heterocycles. The van der Waals surface area contributed by atoms with Crippen molar-refractivity contribution >= 4 is 35.0 Å². The van der Waals surface area contributed by atoms with E-state index in [0.29, 0.717) is 34.4 Å². The minimum absolute atomic E-state index is 0.0360. The van der Waals surface area contributed by atoms with Crippen LogP contribution in [0.5, 0.6) is 11.5 Å². The lowest BCUT2D eigenvalue weighted by Crippen LogP contribution is -2.21. The molecule has 0 unspecified atom stereocenters. The van der Waals surface area contributed by atoms with E-state index in [1.54, 1.807) is 12.1 Å². The van der Waals surface area contributed by atoms with Gasteiger partial charge in [-0.3, -0.25) is 4.79 Å². The molecule has 0 aliphatic carbocycles. The fourth-order valence-electron chi connectivity index (χ4n) is 2.88. The molecular weight excluding hydrogens is 376 g/mol. The van der Waals surface area contributed by atoms with Gasteiger partial charge in [-0.25, -0.2) is 0 Å². The first kappa shape index (κ1) is 20.0.